The standard InChI is InChI=1S/C15H22BrNO3S/c1-4-13-6-5-11(3)17(13)21(19,20)14-8-12(9-18)7-10(2)15(14)16/h7-8,11,13,18H,4-6,9H2,1-3H3. The van der Waals surface area contributed by atoms with E-state index in [-0.39, 0.29) is 23.6 Å². The first kappa shape index (κ1) is 16.9. The lowest BCUT2D eigenvalue weighted by molar-refractivity contribution is 0.281. The maximum atomic E-state index is 13.1. The van der Waals surface area contributed by atoms with Gasteiger partial charge in [0.05, 0.1) is 11.5 Å². The number of hydrogen-bond acceptors (Lipinski definition) is 3. The van der Waals surface area contributed by atoms with Crippen LogP contribution >= 0.6 is 15.9 Å². The molecule has 118 valence electrons. The van der Waals surface area contributed by atoms with Gasteiger partial charge in [-0.25, -0.2) is 8.42 Å². The summed E-state index contributed by atoms with van der Waals surface area (Å²) in [6.07, 6.45) is 2.63. The van der Waals surface area contributed by atoms with Gasteiger partial charge < -0.3 is 5.11 Å². The fraction of sp³-hybridized carbons (Fsp3) is 0.600. The highest BCUT2D eigenvalue weighted by atomic mass is 79.9. The van der Waals surface area contributed by atoms with E-state index in [2.05, 4.69) is 15.9 Å². The van der Waals surface area contributed by atoms with Crippen LogP contribution in [0.3, 0.4) is 0 Å². The molecule has 1 aromatic rings. The number of benzene rings is 1. The first-order valence-corrected chi connectivity index (χ1v) is 9.49. The highest BCUT2D eigenvalue weighted by Crippen LogP contribution is 2.36. The Morgan fingerprint density at radius 2 is 2.05 bits per heavy atom. The fourth-order valence-electron chi connectivity index (χ4n) is 3.07. The van der Waals surface area contributed by atoms with E-state index in [1.807, 2.05) is 20.8 Å². The van der Waals surface area contributed by atoms with Crippen LogP contribution in [0.4, 0.5) is 0 Å². The Labute approximate surface area is 135 Å². The van der Waals surface area contributed by atoms with Crippen molar-refractivity contribution in [3.05, 3.63) is 27.7 Å². The topological polar surface area (TPSA) is 57.6 Å². The molecule has 1 aromatic carbocycles. The van der Waals surface area contributed by atoms with Gasteiger partial charge in [0.25, 0.3) is 0 Å². The summed E-state index contributed by atoms with van der Waals surface area (Å²) < 4.78 is 28.4. The predicted octanol–water partition coefficient (Wildman–Crippen LogP) is 3.20. The van der Waals surface area contributed by atoms with Gasteiger partial charge in [0.15, 0.2) is 0 Å². The molecule has 0 amide bonds. The van der Waals surface area contributed by atoms with Crippen molar-refractivity contribution >= 4 is 26.0 Å². The van der Waals surface area contributed by atoms with E-state index in [4.69, 9.17) is 0 Å². The molecule has 1 saturated heterocycles. The third-order valence-corrected chi connectivity index (χ3v) is 7.61. The summed E-state index contributed by atoms with van der Waals surface area (Å²) in [6, 6.07) is 3.46. The molecule has 0 radical (unpaired) electrons. The Hall–Kier alpha value is -0.430. The van der Waals surface area contributed by atoms with Crippen molar-refractivity contribution in [2.24, 2.45) is 0 Å². The summed E-state index contributed by atoms with van der Waals surface area (Å²) in [4.78, 5) is 0.263. The molecule has 1 aliphatic heterocycles. The van der Waals surface area contributed by atoms with Crippen molar-refractivity contribution in [3.63, 3.8) is 0 Å². The van der Waals surface area contributed by atoms with Gasteiger partial charge in [-0.15, -0.1) is 0 Å². The third-order valence-electron chi connectivity index (χ3n) is 4.20. The maximum absolute atomic E-state index is 13.1. The second-order valence-corrected chi connectivity index (χ2v) is 8.31. The molecule has 0 aromatic heterocycles. The minimum absolute atomic E-state index is 0.0185. The Bertz CT molecular complexity index is 630. The van der Waals surface area contributed by atoms with E-state index in [9.17, 15) is 13.5 Å². The second kappa shape index (κ2) is 6.36. The molecule has 1 N–H and O–H groups in total. The monoisotopic (exact) mass is 375 g/mol. The molecule has 2 rings (SSSR count). The largest absolute Gasteiger partial charge is 0.392 e. The molecule has 1 aliphatic rings. The number of hydrogen-bond donors (Lipinski definition) is 1. The molecule has 21 heavy (non-hydrogen) atoms. The molecule has 6 heteroatoms. The Balaban J connectivity index is 2.56. The molecule has 0 spiro atoms. The summed E-state index contributed by atoms with van der Waals surface area (Å²) >= 11 is 3.40. The van der Waals surface area contributed by atoms with Crippen LogP contribution in [0.5, 0.6) is 0 Å². The molecule has 1 fully saturated rings. The number of nitrogens with zero attached hydrogens (tertiary/aromatic N) is 1. The molecule has 1 heterocycles. The summed E-state index contributed by atoms with van der Waals surface area (Å²) in [7, 11) is -3.56. The molecule has 0 bridgehead atoms. The zero-order chi connectivity index (χ0) is 15.8. The van der Waals surface area contributed by atoms with Gasteiger partial charge in [0.1, 0.15) is 0 Å². The fourth-order valence-corrected chi connectivity index (χ4v) is 6.05. The average Bonchev–Trinajstić information content (AvgIpc) is 2.83. The highest BCUT2D eigenvalue weighted by molar-refractivity contribution is 9.10. The Kier molecular flexibility index (Phi) is 5.13. The van der Waals surface area contributed by atoms with E-state index < -0.39 is 10.0 Å². The van der Waals surface area contributed by atoms with E-state index in [1.165, 1.54) is 0 Å². The lowest BCUT2D eigenvalue weighted by atomic mass is 10.1. The first-order chi connectivity index (χ1) is 9.82. The smallest absolute Gasteiger partial charge is 0.244 e. The molecule has 0 saturated carbocycles. The zero-order valence-electron chi connectivity index (χ0n) is 12.6. The molecule has 2 atom stereocenters. The minimum Gasteiger partial charge on any atom is -0.392 e. The number of sulfonamides is 1. The van der Waals surface area contributed by atoms with E-state index in [1.54, 1.807) is 16.4 Å². The quantitative estimate of drug-likeness (QED) is 0.878. The molecule has 0 aliphatic carbocycles. The average molecular weight is 376 g/mol. The number of aliphatic hydroxyl groups is 1. The van der Waals surface area contributed by atoms with Gasteiger partial charge in [-0.1, -0.05) is 13.0 Å². The van der Waals surface area contributed by atoms with Gasteiger partial charge in [-0.3, -0.25) is 0 Å². The molecule has 4 nitrogen and oxygen atoms in total. The van der Waals surface area contributed by atoms with Crippen LogP contribution in [-0.4, -0.2) is 29.9 Å². The maximum Gasteiger partial charge on any atom is 0.244 e. The summed E-state index contributed by atoms with van der Waals surface area (Å²) in [6.45, 7) is 5.66. The number of halogens is 1. The summed E-state index contributed by atoms with van der Waals surface area (Å²) in [5, 5.41) is 9.33. The van der Waals surface area contributed by atoms with Gasteiger partial charge in [-0.2, -0.15) is 4.31 Å². The molecule has 2 unspecified atom stereocenters. The predicted molar refractivity (Wildman–Crippen MR) is 86.6 cm³/mol. The van der Waals surface area contributed by atoms with Crippen molar-refractivity contribution in [1.82, 2.24) is 4.31 Å². The van der Waals surface area contributed by atoms with E-state index in [0.717, 1.165) is 24.8 Å². The lowest BCUT2D eigenvalue weighted by Gasteiger charge is -2.28. The van der Waals surface area contributed by atoms with Crippen molar-refractivity contribution in [1.29, 1.82) is 0 Å². The molecular weight excluding hydrogens is 354 g/mol. The number of aliphatic hydroxyl groups excluding tert-OH is 1. The van der Waals surface area contributed by atoms with Gasteiger partial charge in [0.2, 0.25) is 10.0 Å². The van der Waals surface area contributed by atoms with Crippen LogP contribution in [0.1, 0.15) is 44.2 Å². The normalized spacial score (nSPS) is 23.7. The zero-order valence-corrected chi connectivity index (χ0v) is 15.0. The van der Waals surface area contributed by atoms with Crippen molar-refractivity contribution in [2.45, 2.75) is 63.6 Å². The first-order valence-electron chi connectivity index (χ1n) is 7.26. The second-order valence-electron chi connectivity index (χ2n) is 5.71. The summed E-state index contributed by atoms with van der Waals surface area (Å²) in [5.74, 6) is 0. The van der Waals surface area contributed by atoms with Crippen LogP contribution in [0.25, 0.3) is 0 Å². The highest BCUT2D eigenvalue weighted by Gasteiger charge is 2.40. The van der Waals surface area contributed by atoms with E-state index in [0.29, 0.717) is 10.0 Å². The summed E-state index contributed by atoms with van der Waals surface area (Å²) in [5.41, 5.74) is 1.44. The van der Waals surface area contributed by atoms with Crippen molar-refractivity contribution in [2.75, 3.05) is 0 Å². The van der Waals surface area contributed by atoms with E-state index >= 15 is 0 Å². The van der Waals surface area contributed by atoms with Gasteiger partial charge in [0, 0.05) is 16.6 Å². The van der Waals surface area contributed by atoms with Crippen LogP contribution < -0.4 is 0 Å². The molecular formula is C15H22BrNO3S. The van der Waals surface area contributed by atoms with Crippen LogP contribution in [0, 0.1) is 6.92 Å². The number of rotatable bonds is 4. The van der Waals surface area contributed by atoms with Crippen LogP contribution in [-0.2, 0) is 16.6 Å². The Morgan fingerprint density at radius 1 is 1.38 bits per heavy atom. The van der Waals surface area contributed by atoms with Crippen LogP contribution in [0.2, 0.25) is 0 Å². The van der Waals surface area contributed by atoms with Gasteiger partial charge in [-0.05, 0) is 66.2 Å². The van der Waals surface area contributed by atoms with Crippen molar-refractivity contribution in [3.8, 4) is 0 Å². The lowest BCUT2D eigenvalue weighted by Crippen LogP contribution is -2.39. The third kappa shape index (κ3) is 3.04. The number of aryl methyl sites for hydroxylation is 1. The van der Waals surface area contributed by atoms with Crippen LogP contribution in [0.15, 0.2) is 21.5 Å². The van der Waals surface area contributed by atoms with Crippen molar-refractivity contribution < 1.29 is 13.5 Å². The van der Waals surface area contributed by atoms with Gasteiger partial charge >= 0.3 is 0 Å². The Morgan fingerprint density at radius 3 is 2.62 bits per heavy atom. The minimum atomic E-state index is -3.56. The SMILES string of the molecule is CCC1CCC(C)N1S(=O)(=O)c1cc(CO)cc(C)c1Br.